The number of nitrogens with two attached hydrogens (primary N) is 1. The van der Waals surface area contributed by atoms with Crippen LogP contribution in [0.5, 0.6) is 0 Å². The molecule has 5 rings (SSSR count). The van der Waals surface area contributed by atoms with Crippen molar-refractivity contribution < 1.29 is 13.8 Å². The second-order valence-electron chi connectivity index (χ2n) is 7.97. The van der Waals surface area contributed by atoms with Crippen LogP contribution >= 0.6 is 7.44 Å². The third kappa shape index (κ3) is 3.42. The number of pyridine rings is 1. The minimum absolute atomic E-state index is 0.00666. The Morgan fingerprint density at radius 2 is 2.03 bits per heavy atom. The lowest BCUT2D eigenvalue weighted by Gasteiger charge is -2.24. The van der Waals surface area contributed by atoms with E-state index in [-0.39, 0.29) is 17.0 Å². The van der Waals surface area contributed by atoms with Crippen molar-refractivity contribution in [2.45, 2.75) is 25.8 Å². The molecule has 1 aliphatic carbocycles. The highest BCUT2D eigenvalue weighted by Gasteiger charge is 2.32. The number of halogens is 1. The summed E-state index contributed by atoms with van der Waals surface area (Å²) in [5.74, 6) is 0.00294. The Bertz CT molecular complexity index is 1380. The van der Waals surface area contributed by atoms with E-state index < -0.39 is 18.8 Å². The smallest absolute Gasteiger partial charge is 0.285 e. The maximum Gasteiger partial charge on any atom is 0.285 e. The number of benzene rings is 2. The van der Waals surface area contributed by atoms with E-state index in [0.717, 1.165) is 19.3 Å². The predicted octanol–water partition coefficient (Wildman–Crippen LogP) is 3.40. The normalized spacial score (nSPS) is 20.1. The lowest BCUT2D eigenvalue weighted by atomic mass is 10.0. The number of aromatic nitrogens is 1. The molecule has 0 amide bonds. The number of hydrogen-bond acceptors (Lipinski definition) is 4. The Balaban J connectivity index is 1.78. The molecule has 1 aromatic heterocycles. The summed E-state index contributed by atoms with van der Waals surface area (Å²) >= 11 is 0. The van der Waals surface area contributed by atoms with Crippen LogP contribution in [0.1, 0.15) is 35.2 Å². The second-order valence-corrected chi connectivity index (χ2v) is 9.90. The second kappa shape index (κ2) is 7.25. The van der Waals surface area contributed by atoms with E-state index in [0.29, 0.717) is 40.6 Å². The van der Waals surface area contributed by atoms with Gasteiger partial charge in [0.25, 0.3) is 13.0 Å². The maximum atomic E-state index is 14.1. The molecule has 1 saturated carbocycles. The fourth-order valence-electron chi connectivity index (χ4n) is 4.07. The number of nitrogens with zero attached hydrogens (tertiary/aromatic N) is 2. The number of fused-ring (bicyclic) bond motifs is 2. The van der Waals surface area contributed by atoms with Crippen LogP contribution in [-0.4, -0.2) is 16.7 Å². The van der Waals surface area contributed by atoms with Gasteiger partial charge in [0.05, 0.1) is 22.1 Å². The van der Waals surface area contributed by atoms with Crippen LogP contribution in [0.15, 0.2) is 52.0 Å². The van der Waals surface area contributed by atoms with Crippen LogP contribution in [-0.2, 0) is 11.1 Å². The van der Waals surface area contributed by atoms with Crippen molar-refractivity contribution in [1.29, 1.82) is 0 Å². The number of hydrogen-bond donors (Lipinski definition) is 2. The lowest BCUT2D eigenvalue weighted by Crippen LogP contribution is -2.35. The van der Waals surface area contributed by atoms with Gasteiger partial charge < -0.3 is 9.88 Å². The first-order valence-corrected chi connectivity index (χ1v) is 11.8. The zero-order chi connectivity index (χ0) is 21.8. The predicted molar refractivity (Wildman–Crippen MR) is 119 cm³/mol. The molecule has 31 heavy (non-hydrogen) atoms. The molecule has 0 radical (unpaired) electrons. The van der Waals surface area contributed by atoms with Gasteiger partial charge in [-0.15, -0.1) is 0 Å². The van der Waals surface area contributed by atoms with Crippen molar-refractivity contribution in [3.8, 4) is 0 Å². The van der Waals surface area contributed by atoms with Gasteiger partial charge in [0.15, 0.2) is 6.29 Å². The first kappa shape index (κ1) is 19.8. The van der Waals surface area contributed by atoms with Gasteiger partial charge >= 0.3 is 0 Å². The Morgan fingerprint density at radius 1 is 1.26 bits per heavy atom. The summed E-state index contributed by atoms with van der Waals surface area (Å²) in [6.45, 7) is 0.432. The maximum absolute atomic E-state index is 14.1. The van der Waals surface area contributed by atoms with Crippen molar-refractivity contribution in [3.63, 3.8) is 0 Å². The van der Waals surface area contributed by atoms with Gasteiger partial charge in [-0.25, -0.2) is 4.39 Å². The molecular weight excluding hydrogens is 418 g/mol. The average molecular weight is 438 g/mol. The molecule has 158 valence electrons. The first-order valence-electron chi connectivity index (χ1n) is 10.1. The molecule has 7 nitrogen and oxygen atoms in total. The Kier molecular flexibility index (Phi) is 4.64. The van der Waals surface area contributed by atoms with Crippen molar-refractivity contribution >= 4 is 41.5 Å². The zero-order valence-electron chi connectivity index (χ0n) is 16.5. The largest absolute Gasteiger partial charge is 0.339 e. The quantitative estimate of drug-likeness (QED) is 0.469. The van der Waals surface area contributed by atoms with Crippen LogP contribution in [0.2, 0.25) is 0 Å². The van der Waals surface area contributed by atoms with E-state index in [1.165, 1.54) is 18.2 Å². The van der Waals surface area contributed by atoms with Crippen LogP contribution in [0.3, 0.4) is 0 Å². The monoisotopic (exact) mass is 438 g/mol. The molecule has 1 unspecified atom stereocenters. The molecule has 0 bridgehead atoms. The number of anilines is 1. The molecule has 1 aliphatic heterocycles. The number of aldehydes is 1. The fraction of sp³-hybridized carbons (Fsp3) is 0.227. The lowest BCUT2D eigenvalue weighted by molar-refractivity contribution is 0.112. The molecule has 2 aromatic carbocycles. The van der Waals surface area contributed by atoms with Crippen LogP contribution in [0.25, 0.3) is 10.9 Å². The number of nitrogens with one attached hydrogen (secondary N) is 1. The number of amidine groups is 1. The van der Waals surface area contributed by atoms with E-state index in [1.54, 1.807) is 28.8 Å². The molecular formula is C22H20FN4O3P. The molecule has 1 fully saturated rings. The third-order valence-corrected chi connectivity index (χ3v) is 7.41. The Morgan fingerprint density at radius 3 is 2.77 bits per heavy atom. The summed E-state index contributed by atoms with van der Waals surface area (Å²) in [4.78, 5) is 25.6. The number of rotatable bonds is 5. The van der Waals surface area contributed by atoms with E-state index >= 15 is 0 Å². The van der Waals surface area contributed by atoms with E-state index in [2.05, 4.69) is 10.1 Å². The van der Waals surface area contributed by atoms with Crippen molar-refractivity contribution in [2.75, 3.05) is 5.32 Å². The van der Waals surface area contributed by atoms with Crippen molar-refractivity contribution in [2.24, 2.45) is 16.2 Å². The highest BCUT2D eigenvalue weighted by molar-refractivity contribution is 7.68. The summed E-state index contributed by atoms with van der Waals surface area (Å²) in [5, 5.41) is 3.64. The average Bonchev–Trinajstić information content (AvgIpc) is 3.56. The van der Waals surface area contributed by atoms with Crippen LogP contribution in [0, 0.1) is 11.7 Å². The standard InChI is InChI=1S/C22H20FN4O3P/c23-14-7-8-18-15(11-14)16(12-28)20(22(29)27(18)10-9-13-5-6-13)21-25-17-3-1-2-4-19(17)31(24,30)26-21/h1-4,7-8,11-13H,5-6,9-10H2,(H3,24,25,26,30). The van der Waals surface area contributed by atoms with Crippen LogP contribution in [0.4, 0.5) is 10.1 Å². The summed E-state index contributed by atoms with van der Waals surface area (Å²) < 4.78 is 32.8. The zero-order valence-corrected chi connectivity index (χ0v) is 17.4. The summed E-state index contributed by atoms with van der Waals surface area (Å²) in [6.07, 6.45) is 3.57. The molecule has 2 heterocycles. The van der Waals surface area contributed by atoms with Gasteiger partial charge in [-0.2, -0.15) is 4.76 Å². The van der Waals surface area contributed by atoms with Gasteiger partial charge in [-0.3, -0.25) is 19.7 Å². The Hall–Kier alpha value is -3.09. The molecule has 2 aliphatic rings. The van der Waals surface area contributed by atoms with Crippen molar-refractivity contribution in [1.82, 2.24) is 4.57 Å². The summed E-state index contributed by atoms with van der Waals surface area (Å²) in [7, 11) is -3.67. The molecule has 9 heteroatoms. The fourth-order valence-corrected chi connectivity index (χ4v) is 5.40. The van der Waals surface area contributed by atoms with Gasteiger partial charge in [0.2, 0.25) is 0 Å². The molecule has 3 aromatic rings. The highest BCUT2D eigenvalue weighted by atomic mass is 31.2. The summed E-state index contributed by atoms with van der Waals surface area (Å²) in [5.41, 5.74) is 6.44. The van der Waals surface area contributed by atoms with E-state index in [1.807, 2.05) is 0 Å². The number of carbonyl (C=O) groups is 1. The van der Waals surface area contributed by atoms with E-state index in [9.17, 15) is 18.5 Å². The van der Waals surface area contributed by atoms with Gasteiger partial charge in [-0.1, -0.05) is 25.0 Å². The van der Waals surface area contributed by atoms with Gasteiger partial charge in [-0.05, 0) is 42.7 Å². The highest BCUT2D eigenvalue weighted by Crippen LogP contribution is 2.43. The number of carbonyl (C=O) groups excluding carboxylic acids is 1. The molecule has 3 N–H and O–H groups in total. The number of para-hydroxylation sites is 1. The minimum atomic E-state index is -3.67. The molecule has 0 saturated heterocycles. The first-order chi connectivity index (χ1) is 14.9. The minimum Gasteiger partial charge on any atom is -0.339 e. The SMILES string of the molecule is NP1(=O)N=C(c2c(C=O)c3cc(F)ccc3n(CCC3CC3)c2=O)Nc2ccccc21. The van der Waals surface area contributed by atoms with E-state index in [4.69, 9.17) is 5.50 Å². The molecule has 0 spiro atoms. The van der Waals surface area contributed by atoms with Crippen LogP contribution < -0.4 is 21.7 Å². The van der Waals surface area contributed by atoms with Gasteiger partial charge in [0, 0.05) is 17.5 Å². The Labute approximate surface area is 177 Å². The molecule has 1 atom stereocenters. The van der Waals surface area contributed by atoms with Crippen molar-refractivity contribution in [3.05, 3.63) is 69.8 Å². The third-order valence-electron chi connectivity index (χ3n) is 5.83. The van der Waals surface area contributed by atoms with Gasteiger partial charge in [0.1, 0.15) is 11.7 Å². The summed E-state index contributed by atoms with van der Waals surface area (Å²) in [6, 6.07) is 10.7. The topological polar surface area (TPSA) is 107 Å². The number of aryl methyl sites for hydroxylation is 1.